The summed E-state index contributed by atoms with van der Waals surface area (Å²) in [5.74, 6) is -0.153. The van der Waals surface area contributed by atoms with Gasteiger partial charge in [-0.25, -0.2) is 18.7 Å². The molecule has 1 aliphatic rings. The van der Waals surface area contributed by atoms with Gasteiger partial charge in [-0.15, -0.1) is 0 Å². The SMILES string of the molecule is Fc1cc(F)c2c(-c3nc4nc(N5CCOCC5)ccc4[nH]3)n[nH]c2c1. The van der Waals surface area contributed by atoms with Crippen molar-refractivity contribution >= 4 is 27.9 Å². The van der Waals surface area contributed by atoms with Gasteiger partial charge < -0.3 is 14.6 Å². The number of nitrogens with zero attached hydrogens (tertiary/aromatic N) is 4. The van der Waals surface area contributed by atoms with Crippen LogP contribution in [0, 0.1) is 11.6 Å². The average Bonchev–Trinajstić information content (AvgIpc) is 3.25. The van der Waals surface area contributed by atoms with E-state index in [2.05, 4.69) is 30.0 Å². The van der Waals surface area contributed by atoms with Crippen molar-refractivity contribution in [2.24, 2.45) is 0 Å². The molecule has 1 saturated heterocycles. The number of aromatic amines is 2. The number of nitrogens with one attached hydrogen (secondary N) is 2. The van der Waals surface area contributed by atoms with E-state index in [4.69, 9.17) is 4.74 Å². The Balaban J connectivity index is 1.60. The van der Waals surface area contributed by atoms with Crippen LogP contribution >= 0.6 is 0 Å². The van der Waals surface area contributed by atoms with Gasteiger partial charge in [-0.05, 0) is 18.2 Å². The minimum Gasteiger partial charge on any atom is -0.378 e. The number of H-pyrrole nitrogens is 2. The van der Waals surface area contributed by atoms with Crippen molar-refractivity contribution in [2.45, 2.75) is 0 Å². The summed E-state index contributed by atoms with van der Waals surface area (Å²) in [5, 5.41) is 6.93. The van der Waals surface area contributed by atoms with E-state index in [1.165, 1.54) is 6.07 Å². The number of halogens is 2. The molecule has 132 valence electrons. The molecule has 1 aliphatic heterocycles. The Labute approximate surface area is 146 Å². The van der Waals surface area contributed by atoms with Gasteiger partial charge in [0.2, 0.25) is 0 Å². The number of imidazole rings is 1. The standard InChI is InChI=1S/C17H14F2N6O/c18-9-7-10(19)14-12(8-9)23-24-15(14)17-20-11-1-2-13(21-16(11)22-17)25-3-5-26-6-4-25/h1-2,7-8H,3-6H2,(H,23,24)(H,20,21,22). The van der Waals surface area contributed by atoms with Crippen LogP contribution < -0.4 is 4.90 Å². The number of rotatable bonds is 2. The Kier molecular flexibility index (Phi) is 3.35. The molecule has 5 rings (SSSR count). The van der Waals surface area contributed by atoms with Crippen molar-refractivity contribution in [1.82, 2.24) is 25.1 Å². The molecule has 0 atom stereocenters. The normalized spacial score (nSPS) is 15.2. The largest absolute Gasteiger partial charge is 0.378 e. The number of anilines is 1. The maximum atomic E-state index is 14.2. The van der Waals surface area contributed by atoms with Crippen LogP contribution in [0.4, 0.5) is 14.6 Å². The van der Waals surface area contributed by atoms with Crippen LogP contribution in [0.2, 0.25) is 0 Å². The molecule has 9 heteroatoms. The zero-order valence-corrected chi connectivity index (χ0v) is 13.6. The molecule has 0 aliphatic carbocycles. The lowest BCUT2D eigenvalue weighted by Crippen LogP contribution is -2.36. The first-order valence-corrected chi connectivity index (χ1v) is 8.22. The maximum absolute atomic E-state index is 14.2. The fourth-order valence-corrected chi connectivity index (χ4v) is 3.21. The highest BCUT2D eigenvalue weighted by Crippen LogP contribution is 2.29. The highest BCUT2D eigenvalue weighted by atomic mass is 19.1. The van der Waals surface area contributed by atoms with E-state index in [0.717, 1.165) is 30.5 Å². The Bertz CT molecular complexity index is 1120. The molecule has 1 aromatic carbocycles. The zero-order valence-electron chi connectivity index (χ0n) is 13.6. The van der Waals surface area contributed by atoms with Crippen LogP contribution in [0.5, 0.6) is 0 Å². The van der Waals surface area contributed by atoms with Gasteiger partial charge in [-0.3, -0.25) is 5.10 Å². The summed E-state index contributed by atoms with van der Waals surface area (Å²) in [6.07, 6.45) is 0. The highest BCUT2D eigenvalue weighted by molar-refractivity contribution is 5.93. The summed E-state index contributed by atoms with van der Waals surface area (Å²) in [7, 11) is 0. The summed E-state index contributed by atoms with van der Waals surface area (Å²) in [5.41, 5.74) is 1.81. The monoisotopic (exact) mass is 356 g/mol. The third kappa shape index (κ3) is 2.39. The lowest BCUT2D eigenvalue weighted by Gasteiger charge is -2.27. The second kappa shape index (κ2) is 5.73. The number of fused-ring (bicyclic) bond motifs is 2. The molecule has 2 N–H and O–H groups in total. The molecule has 26 heavy (non-hydrogen) atoms. The Morgan fingerprint density at radius 3 is 2.73 bits per heavy atom. The van der Waals surface area contributed by atoms with Gasteiger partial charge in [0.05, 0.1) is 29.6 Å². The molecule has 4 aromatic rings. The molecule has 3 aromatic heterocycles. The summed E-state index contributed by atoms with van der Waals surface area (Å²) >= 11 is 0. The molecule has 0 amide bonds. The fourth-order valence-electron chi connectivity index (χ4n) is 3.21. The Morgan fingerprint density at radius 1 is 1.04 bits per heavy atom. The van der Waals surface area contributed by atoms with Crippen molar-refractivity contribution in [3.05, 3.63) is 35.9 Å². The van der Waals surface area contributed by atoms with Gasteiger partial charge in [0.25, 0.3) is 0 Å². The van der Waals surface area contributed by atoms with Gasteiger partial charge in [0.1, 0.15) is 23.1 Å². The third-order valence-corrected chi connectivity index (χ3v) is 4.47. The van der Waals surface area contributed by atoms with Crippen molar-refractivity contribution in [3.8, 4) is 11.5 Å². The first kappa shape index (κ1) is 15.2. The van der Waals surface area contributed by atoms with Crippen LogP contribution in [0.3, 0.4) is 0 Å². The predicted molar refractivity (Wildman–Crippen MR) is 91.9 cm³/mol. The number of aromatic nitrogens is 5. The van der Waals surface area contributed by atoms with Gasteiger partial charge in [0, 0.05) is 19.2 Å². The quantitative estimate of drug-likeness (QED) is 0.577. The number of hydrogen-bond donors (Lipinski definition) is 2. The fraction of sp³-hybridized carbons (Fsp3) is 0.235. The third-order valence-electron chi connectivity index (χ3n) is 4.47. The van der Waals surface area contributed by atoms with E-state index in [1.807, 2.05) is 12.1 Å². The number of morpholine rings is 1. The van der Waals surface area contributed by atoms with Crippen molar-refractivity contribution < 1.29 is 13.5 Å². The van der Waals surface area contributed by atoms with Crippen molar-refractivity contribution in [3.63, 3.8) is 0 Å². The summed E-state index contributed by atoms with van der Waals surface area (Å²) in [6.45, 7) is 2.88. The molecule has 0 spiro atoms. The number of hydrogen-bond acceptors (Lipinski definition) is 5. The van der Waals surface area contributed by atoms with Crippen LogP contribution in [0.25, 0.3) is 33.6 Å². The second-order valence-electron chi connectivity index (χ2n) is 6.11. The molecule has 4 heterocycles. The minimum atomic E-state index is -0.689. The van der Waals surface area contributed by atoms with E-state index >= 15 is 0 Å². The number of pyridine rings is 1. The summed E-state index contributed by atoms with van der Waals surface area (Å²) in [4.78, 5) is 14.3. The van der Waals surface area contributed by atoms with E-state index in [0.29, 0.717) is 30.4 Å². The van der Waals surface area contributed by atoms with E-state index in [1.54, 1.807) is 0 Å². The van der Waals surface area contributed by atoms with Crippen molar-refractivity contribution in [1.29, 1.82) is 0 Å². The molecular weight excluding hydrogens is 342 g/mol. The van der Waals surface area contributed by atoms with Gasteiger partial charge in [0.15, 0.2) is 11.5 Å². The molecule has 0 saturated carbocycles. The van der Waals surface area contributed by atoms with Crippen LogP contribution in [-0.4, -0.2) is 51.5 Å². The lowest BCUT2D eigenvalue weighted by molar-refractivity contribution is 0.122. The smallest absolute Gasteiger partial charge is 0.180 e. The molecule has 1 fully saturated rings. The minimum absolute atomic E-state index is 0.193. The second-order valence-corrected chi connectivity index (χ2v) is 6.11. The van der Waals surface area contributed by atoms with Crippen molar-refractivity contribution in [2.75, 3.05) is 31.2 Å². The summed E-state index contributed by atoms with van der Waals surface area (Å²) < 4.78 is 32.9. The number of benzene rings is 1. The first-order chi connectivity index (χ1) is 12.7. The van der Waals surface area contributed by atoms with E-state index in [-0.39, 0.29) is 10.9 Å². The predicted octanol–water partition coefficient (Wildman–Crippen LogP) is 2.62. The average molecular weight is 356 g/mol. The summed E-state index contributed by atoms with van der Waals surface area (Å²) in [6, 6.07) is 5.83. The van der Waals surface area contributed by atoms with Crippen LogP contribution in [-0.2, 0) is 4.74 Å². The molecule has 0 unspecified atom stereocenters. The van der Waals surface area contributed by atoms with E-state index < -0.39 is 11.6 Å². The van der Waals surface area contributed by atoms with E-state index in [9.17, 15) is 8.78 Å². The van der Waals surface area contributed by atoms with Gasteiger partial charge in [-0.2, -0.15) is 5.10 Å². The van der Waals surface area contributed by atoms with Crippen LogP contribution in [0.1, 0.15) is 0 Å². The number of ether oxygens (including phenoxy) is 1. The molecule has 7 nitrogen and oxygen atoms in total. The van der Waals surface area contributed by atoms with Gasteiger partial charge >= 0.3 is 0 Å². The maximum Gasteiger partial charge on any atom is 0.180 e. The Morgan fingerprint density at radius 2 is 1.88 bits per heavy atom. The van der Waals surface area contributed by atoms with Crippen LogP contribution in [0.15, 0.2) is 24.3 Å². The topological polar surface area (TPSA) is 82.7 Å². The van der Waals surface area contributed by atoms with Gasteiger partial charge in [-0.1, -0.05) is 0 Å². The molecular formula is C17H14F2N6O. The Hall–Kier alpha value is -3.07. The molecule has 0 bridgehead atoms. The molecule has 0 radical (unpaired) electrons. The lowest BCUT2D eigenvalue weighted by atomic mass is 10.2. The first-order valence-electron chi connectivity index (χ1n) is 8.22. The zero-order chi connectivity index (χ0) is 17.7. The highest BCUT2D eigenvalue weighted by Gasteiger charge is 2.19.